The molecule has 3 aliphatic heterocycles. The molecule has 12 rings (SSSR count). The molecule has 23 nitrogen and oxygen atoms in total. The lowest BCUT2D eigenvalue weighted by Crippen LogP contribution is -2.58. The normalized spacial score (nSPS) is 28.9. The Morgan fingerprint density at radius 1 is 0.354 bits per heavy atom. The van der Waals surface area contributed by atoms with Crippen LogP contribution >= 0.6 is 0 Å². The van der Waals surface area contributed by atoms with Crippen LogP contribution < -0.4 is 0 Å². The van der Waals surface area contributed by atoms with Gasteiger partial charge in [-0.25, -0.2) is 0 Å². The predicted molar refractivity (Wildman–Crippen MR) is 443 cm³/mol. The van der Waals surface area contributed by atoms with E-state index in [0.717, 1.165) is 6.92 Å². The van der Waals surface area contributed by atoms with E-state index in [1.165, 1.54) is 17.5 Å². The number of alkyl halides is 27. The number of fused-ring (bicyclic) bond motifs is 5. The summed E-state index contributed by atoms with van der Waals surface area (Å²) in [5, 5.41) is 9.39. The number of esters is 11. The van der Waals surface area contributed by atoms with Gasteiger partial charge in [-0.3, -0.25) is 52.7 Å². The quantitative estimate of drug-likeness (QED) is 0.0411. The van der Waals surface area contributed by atoms with Crippen LogP contribution in [0.15, 0.2) is 24.3 Å². The number of rotatable bonds is 25. The molecule has 11 fully saturated rings. The SMILES string of the molecule is CCC(C)(C)C(=O)OC(C)C(F)(F)F.CCC(C)(C)C(=O)OC1C2CC3C1OC(=O)C3(C(=O)OC(C(F)(F)F)C(F)(F)F)C2.CCC(C)(C)C(=O)OC1C2CC3C1OC(=O)C3(C(=O)OC(C(F)(F)F)C(F)(F)F)C2.CCC(C)(C)C(=O)OC1C2CC3C1OC(=O)C3(C(=O)OC(C(F)(F)F)C(F)(F)F)C2.CCC(C)(C)C(=O)OC1CC2CC1CC2CC(O)(C(F)(F)F)C(F)(F)F.CCC(C)c1ccc(C(C)(C)C)cc1. The summed E-state index contributed by atoms with van der Waals surface area (Å²) in [4.78, 5) is 135. The van der Waals surface area contributed by atoms with Crippen LogP contribution in [0.1, 0.15) is 265 Å². The highest BCUT2D eigenvalue weighted by Crippen LogP contribution is 2.68. The van der Waals surface area contributed by atoms with Crippen LogP contribution in [-0.2, 0) is 110 Å². The second-order valence-electron chi connectivity index (χ2n) is 43.1. The van der Waals surface area contributed by atoms with Crippen LogP contribution in [0.3, 0.4) is 0 Å². The van der Waals surface area contributed by atoms with Gasteiger partial charge >= 0.3 is 121 Å². The predicted octanol–water partition coefficient (Wildman–Crippen LogP) is 22.0. The fourth-order valence-corrected chi connectivity index (χ4v) is 19.2. The van der Waals surface area contributed by atoms with Gasteiger partial charge in [0.1, 0.15) is 42.7 Å². The summed E-state index contributed by atoms with van der Waals surface area (Å²) in [6.45, 7) is 37.3. The van der Waals surface area contributed by atoms with E-state index in [9.17, 15) is 176 Å². The average Bonchev–Trinajstić information content (AvgIpc) is 1.53. The molecule has 144 heavy (non-hydrogen) atoms. The molecule has 1 aromatic carbocycles. The van der Waals surface area contributed by atoms with Gasteiger partial charge in [-0.05, 0) is 219 Å². The van der Waals surface area contributed by atoms with E-state index in [2.05, 4.69) is 77.8 Å². The molecule has 8 saturated carbocycles. The molecular formula is C94H121F27O23. The molecule has 3 saturated heterocycles. The van der Waals surface area contributed by atoms with Gasteiger partial charge in [0.2, 0.25) is 0 Å². The Hall–Kier alpha value is -8.54. The molecule has 0 aromatic heterocycles. The summed E-state index contributed by atoms with van der Waals surface area (Å²) in [6, 6.07) is 9.08. The molecule has 8 bridgehead atoms. The number of halogens is 27. The first-order valence-electron chi connectivity index (χ1n) is 46.6. The summed E-state index contributed by atoms with van der Waals surface area (Å²) in [5.74, 6) is -18.3. The smallest absolute Gasteiger partial charge is 0.434 e. The minimum Gasteiger partial charge on any atom is -0.462 e. The van der Waals surface area contributed by atoms with Crippen molar-refractivity contribution in [2.75, 3.05) is 0 Å². The van der Waals surface area contributed by atoms with E-state index >= 15 is 0 Å². The standard InChI is InChI=1S/3C18H20F6O6.C17H24F6O3.C14H22.C9H15F3O2/c3*1-4-15(2,3)12(25)28-9-7-5-8-10(9)29-13(26)16(8,6-7)14(27)30-11(17(19,20)21)18(22,23)24;1-4-14(2,3)13(24)26-12-7-9-5-10(12)6-11(9)8-15(25,16(18,19)20)17(21,22)23;1-6-11(2)12-7-9-13(10-8-12)14(3,4)5;1-5-8(3,4)7(13)14-6(2)9(10,11)12/h3*7-11H,4-6H2,1-3H3;9-12,25H,4-8H2,1-3H3;7-11H,6H2,1-5H3;6H,5H2,1-4H3. The van der Waals surface area contributed by atoms with Crippen molar-refractivity contribution >= 4 is 65.7 Å². The fourth-order valence-electron chi connectivity index (χ4n) is 19.2. The third kappa shape index (κ3) is 25.3. The number of carbonyl (C=O) groups is 11. The maximum absolute atomic E-state index is 12.9. The average molecular weight is 2130 g/mol. The Bertz CT molecular complexity index is 4410. The molecule has 21 atom stereocenters. The molecule has 11 aliphatic rings. The Kier molecular flexibility index (Phi) is 35.8. The number of hydrogen-bond acceptors (Lipinski definition) is 23. The Balaban J connectivity index is 0.000000240. The molecule has 824 valence electrons. The Morgan fingerprint density at radius 2 is 0.625 bits per heavy atom. The van der Waals surface area contributed by atoms with Crippen LogP contribution in [0.5, 0.6) is 0 Å². The van der Waals surface area contributed by atoms with E-state index in [1.807, 2.05) is 6.92 Å². The van der Waals surface area contributed by atoms with Crippen LogP contribution in [0.25, 0.3) is 0 Å². The first-order valence-corrected chi connectivity index (χ1v) is 46.6. The van der Waals surface area contributed by atoms with Crippen LogP contribution in [0, 0.1) is 96.6 Å². The van der Waals surface area contributed by atoms with Crippen LogP contribution in [-0.4, -0.2) is 199 Å². The van der Waals surface area contributed by atoms with E-state index < -0.39 is 310 Å². The van der Waals surface area contributed by atoms with E-state index in [-0.39, 0.29) is 43.4 Å². The van der Waals surface area contributed by atoms with Crippen molar-refractivity contribution in [3.05, 3.63) is 35.4 Å². The molecular weight excluding hydrogens is 2010 g/mol. The maximum Gasteiger partial charge on any atom is 0.434 e. The van der Waals surface area contributed by atoms with Gasteiger partial charge in [-0.1, -0.05) is 93.5 Å². The minimum absolute atomic E-state index is 0.0821. The molecule has 3 heterocycles. The lowest BCUT2D eigenvalue weighted by molar-refractivity contribution is -0.373. The van der Waals surface area contributed by atoms with Crippen LogP contribution in [0.4, 0.5) is 119 Å². The van der Waals surface area contributed by atoms with Gasteiger partial charge in [0, 0.05) is 35.5 Å². The number of hydrogen-bond donors (Lipinski definition) is 1. The van der Waals surface area contributed by atoms with Crippen molar-refractivity contribution in [3.63, 3.8) is 0 Å². The summed E-state index contributed by atoms with van der Waals surface area (Å²) in [7, 11) is 0. The first kappa shape index (κ1) is 122. The highest BCUT2D eigenvalue weighted by atomic mass is 19.5. The van der Waals surface area contributed by atoms with E-state index in [0.29, 0.717) is 44.4 Å². The van der Waals surface area contributed by atoms with Crippen molar-refractivity contribution in [1.29, 1.82) is 0 Å². The van der Waals surface area contributed by atoms with Crippen molar-refractivity contribution in [2.24, 2.45) is 96.6 Å². The minimum atomic E-state index is -5.89. The van der Waals surface area contributed by atoms with E-state index in [1.54, 1.807) is 96.9 Å². The monoisotopic (exact) mass is 2130 g/mol. The maximum atomic E-state index is 12.9. The van der Waals surface area contributed by atoms with Gasteiger partial charge in [-0.15, -0.1) is 0 Å². The second kappa shape index (κ2) is 42.1. The summed E-state index contributed by atoms with van der Waals surface area (Å²) >= 11 is 0. The zero-order valence-corrected chi connectivity index (χ0v) is 82.4. The van der Waals surface area contributed by atoms with Crippen molar-refractivity contribution in [3.8, 4) is 0 Å². The lowest BCUT2D eigenvalue weighted by atomic mass is 9.73. The summed E-state index contributed by atoms with van der Waals surface area (Å²) in [5.41, 5.74) is -12.4. The first-order chi connectivity index (χ1) is 64.8. The molecule has 21 unspecified atom stereocenters. The number of ether oxygens (including phenoxy) is 11. The zero-order chi connectivity index (χ0) is 111. The fraction of sp³-hybridized carbons (Fsp3) is 0.819. The molecule has 1 N–H and O–H groups in total. The molecule has 0 amide bonds. The largest absolute Gasteiger partial charge is 0.462 e. The topological polar surface area (TPSA) is 310 Å². The van der Waals surface area contributed by atoms with Gasteiger partial charge < -0.3 is 57.2 Å². The van der Waals surface area contributed by atoms with E-state index in [4.69, 9.17) is 33.2 Å². The van der Waals surface area contributed by atoms with Crippen molar-refractivity contribution in [2.45, 2.75) is 388 Å². The van der Waals surface area contributed by atoms with Gasteiger partial charge in [-0.2, -0.15) is 119 Å². The second-order valence-corrected chi connectivity index (χ2v) is 43.1. The highest BCUT2D eigenvalue weighted by molar-refractivity contribution is 6.05. The van der Waals surface area contributed by atoms with Gasteiger partial charge in [0.25, 0.3) is 23.9 Å². The molecule has 1 aromatic rings. The van der Waals surface area contributed by atoms with Crippen LogP contribution in [0.2, 0.25) is 0 Å². The summed E-state index contributed by atoms with van der Waals surface area (Å²) in [6.07, 6.45) is -71.1. The summed E-state index contributed by atoms with van der Waals surface area (Å²) < 4.78 is 396. The van der Waals surface area contributed by atoms with Gasteiger partial charge in [0.05, 0.1) is 27.1 Å². The number of carbonyl (C=O) groups excluding carboxylic acids is 11. The lowest BCUT2D eigenvalue weighted by Gasteiger charge is -2.37. The number of aliphatic hydroxyl groups is 1. The highest BCUT2D eigenvalue weighted by Gasteiger charge is 2.81. The molecule has 0 radical (unpaired) electrons. The zero-order valence-electron chi connectivity index (χ0n) is 82.4. The third-order valence-electron chi connectivity index (χ3n) is 30.6. The van der Waals surface area contributed by atoms with Gasteiger partial charge in [0.15, 0.2) is 22.3 Å². The molecule has 50 heteroatoms. The molecule has 8 aliphatic carbocycles. The molecule has 0 spiro atoms. The van der Waals surface area contributed by atoms with Crippen molar-refractivity contribution in [1.82, 2.24) is 0 Å². The Morgan fingerprint density at radius 3 is 0.854 bits per heavy atom. The third-order valence-corrected chi connectivity index (χ3v) is 30.6. The number of benzene rings is 1. The Labute approximate surface area is 811 Å². The van der Waals surface area contributed by atoms with Crippen molar-refractivity contribution < 1.29 is 228 Å².